The average molecular weight is 345 g/mol. The van der Waals surface area contributed by atoms with E-state index in [9.17, 15) is 4.79 Å². The molecular formula is C13H17BrN2O2S. The van der Waals surface area contributed by atoms with Crippen LogP contribution in [0.25, 0.3) is 0 Å². The summed E-state index contributed by atoms with van der Waals surface area (Å²) in [4.78, 5) is 15.8. The van der Waals surface area contributed by atoms with Gasteiger partial charge in [-0.15, -0.1) is 11.3 Å². The normalized spacial score (nSPS) is 22.2. The maximum Gasteiger partial charge on any atom is 0.243 e. The number of thiophene rings is 1. The van der Waals surface area contributed by atoms with Crippen LogP contribution in [-0.4, -0.2) is 43.2 Å². The van der Waals surface area contributed by atoms with Gasteiger partial charge in [0.2, 0.25) is 5.91 Å². The van der Waals surface area contributed by atoms with Crippen molar-refractivity contribution in [2.75, 3.05) is 26.3 Å². The molecule has 1 aliphatic heterocycles. The van der Waals surface area contributed by atoms with Crippen molar-refractivity contribution in [3.8, 4) is 0 Å². The summed E-state index contributed by atoms with van der Waals surface area (Å²) in [5, 5.41) is 5.16. The van der Waals surface area contributed by atoms with Crippen molar-refractivity contribution in [2.45, 2.75) is 24.9 Å². The molecule has 0 bridgehead atoms. The van der Waals surface area contributed by atoms with E-state index in [1.165, 1.54) is 0 Å². The van der Waals surface area contributed by atoms with Gasteiger partial charge < -0.3 is 10.1 Å². The Kier molecular flexibility index (Phi) is 4.21. The Balaban J connectivity index is 1.78. The molecule has 2 aliphatic rings. The lowest BCUT2D eigenvalue weighted by Gasteiger charge is -2.33. The number of hydrogen-bond donors (Lipinski definition) is 1. The molecule has 2 fully saturated rings. The molecule has 19 heavy (non-hydrogen) atoms. The van der Waals surface area contributed by atoms with Gasteiger partial charge in [0.1, 0.15) is 6.04 Å². The molecule has 1 unspecified atom stereocenters. The molecule has 0 aromatic carbocycles. The summed E-state index contributed by atoms with van der Waals surface area (Å²) in [6.45, 7) is 3.05. The number of morpholine rings is 1. The van der Waals surface area contributed by atoms with Gasteiger partial charge in [-0.1, -0.05) is 0 Å². The van der Waals surface area contributed by atoms with Gasteiger partial charge in [0.25, 0.3) is 0 Å². The van der Waals surface area contributed by atoms with Gasteiger partial charge in [0, 0.05) is 33.9 Å². The smallest absolute Gasteiger partial charge is 0.243 e. The van der Waals surface area contributed by atoms with E-state index in [4.69, 9.17) is 4.74 Å². The Labute approximate surface area is 125 Å². The van der Waals surface area contributed by atoms with E-state index < -0.39 is 0 Å². The first kappa shape index (κ1) is 13.5. The molecule has 1 aromatic heterocycles. The third-order valence-corrected chi connectivity index (χ3v) is 5.19. The summed E-state index contributed by atoms with van der Waals surface area (Å²) in [6.07, 6.45) is 2.24. The molecule has 1 saturated carbocycles. The second-order valence-electron chi connectivity index (χ2n) is 5.00. The van der Waals surface area contributed by atoms with Crippen LogP contribution in [0.15, 0.2) is 15.9 Å². The molecule has 1 amide bonds. The Morgan fingerprint density at radius 3 is 2.79 bits per heavy atom. The first-order valence-electron chi connectivity index (χ1n) is 6.60. The van der Waals surface area contributed by atoms with Crippen molar-refractivity contribution in [2.24, 2.45) is 0 Å². The summed E-state index contributed by atoms with van der Waals surface area (Å²) < 4.78 is 6.43. The molecule has 0 spiro atoms. The van der Waals surface area contributed by atoms with Crippen LogP contribution in [0.4, 0.5) is 0 Å². The van der Waals surface area contributed by atoms with Crippen LogP contribution in [0.1, 0.15) is 23.8 Å². The topological polar surface area (TPSA) is 41.6 Å². The van der Waals surface area contributed by atoms with Gasteiger partial charge in [-0.05, 0) is 34.8 Å². The van der Waals surface area contributed by atoms with E-state index in [1.54, 1.807) is 11.3 Å². The lowest BCUT2D eigenvalue weighted by Crippen LogP contribution is -2.46. The van der Waals surface area contributed by atoms with Gasteiger partial charge in [0.05, 0.1) is 13.2 Å². The monoisotopic (exact) mass is 344 g/mol. The molecule has 3 rings (SSSR count). The Morgan fingerprint density at radius 2 is 2.21 bits per heavy atom. The first-order chi connectivity index (χ1) is 9.24. The fourth-order valence-corrected chi connectivity index (χ4v) is 3.87. The third-order valence-electron chi connectivity index (χ3n) is 3.44. The van der Waals surface area contributed by atoms with E-state index in [1.807, 2.05) is 5.38 Å². The number of carbonyl (C=O) groups is 1. The summed E-state index contributed by atoms with van der Waals surface area (Å²) in [5.41, 5.74) is 0. The van der Waals surface area contributed by atoms with E-state index in [0.717, 1.165) is 35.3 Å². The van der Waals surface area contributed by atoms with Gasteiger partial charge in [-0.25, -0.2) is 0 Å². The molecule has 104 valence electrons. The zero-order valence-corrected chi connectivity index (χ0v) is 13.0. The number of rotatable bonds is 4. The maximum atomic E-state index is 12.5. The molecule has 6 heteroatoms. The lowest BCUT2D eigenvalue weighted by molar-refractivity contribution is -0.128. The Hall–Kier alpha value is -0.430. The van der Waals surface area contributed by atoms with Gasteiger partial charge in [-0.2, -0.15) is 0 Å². The Bertz CT molecular complexity index is 455. The predicted molar refractivity (Wildman–Crippen MR) is 78.3 cm³/mol. The van der Waals surface area contributed by atoms with Gasteiger partial charge in [-0.3, -0.25) is 9.69 Å². The van der Waals surface area contributed by atoms with Crippen LogP contribution in [0, 0.1) is 0 Å². The molecule has 1 atom stereocenters. The summed E-state index contributed by atoms with van der Waals surface area (Å²) in [5.74, 6) is 0.138. The number of ether oxygens (including phenoxy) is 1. The fourth-order valence-electron chi connectivity index (χ4n) is 2.29. The predicted octanol–water partition coefficient (Wildman–Crippen LogP) is 2.16. The van der Waals surface area contributed by atoms with E-state index in [2.05, 4.69) is 32.2 Å². The number of nitrogens with one attached hydrogen (secondary N) is 1. The lowest BCUT2D eigenvalue weighted by atomic mass is 10.1. The highest BCUT2D eigenvalue weighted by Crippen LogP contribution is 2.31. The largest absolute Gasteiger partial charge is 0.379 e. The molecule has 1 N–H and O–H groups in total. The second-order valence-corrected chi connectivity index (χ2v) is 6.86. The van der Waals surface area contributed by atoms with Crippen molar-refractivity contribution in [1.82, 2.24) is 10.2 Å². The van der Waals surface area contributed by atoms with E-state index in [-0.39, 0.29) is 11.9 Å². The third kappa shape index (κ3) is 3.37. The number of hydrogen-bond acceptors (Lipinski definition) is 4. The molecule has 0 radical (unpaired) electrons. The SMILES string of the molecule is O=C(NC1CC1)C(c1cc(Br)cs1)N1CCOCC1. The molecule has 1 aromatic rings. The summed E-state index contributed by atoms with van der Waals surface area (Å²) in [7, 11) is 0. The fraction of sp³-hybridized carbons (Fsp3) is 0.615. The minimum absolute atomic E-state index is 0.138. The first-order valence-corrected chi connectivity index (χ1v) is 8.27. The van der Waals surface area contributed by atoms with Crippen molar-refractivity contribution < 1.29 is 9.53 Å². The molecule has 2 heterocycles. The number of halogens is 1. The van der Waals surface area contributed by atoms with Crippen LogP contribution in [0.3, 0.4) is 0 Å². The van der Waals surface area contributed by atoms with Crippen molar-refractivity contribution in [3.05, 3.63) is 20.8 Å². The van der Waals surface area contributed by atoms with Crippen LogP contribution in [0.5, 0.6) is 0 Å². The highest BCUT2D eigenvalue weighted by atomic mass is 79.9. The average Bonchev–Trinajstić information content (AvgIpc) is 3.12. The molecule has 1 saturated heterocycles. The zero-order chi connectivity index (χ0) is 13.2. The number of carbonyl (C=O) groups excluding carboxylic acids is 1. The minimum Gasteiger partial charge on any atom is -0.379 e. The zero-order valence-electron chi connectivity index (χ0n) is 10.6. The Morgan fingerprint density at radius 1 is 1.47 bits per heavy atom. The minimum atomic E-state index is -0.166. The van der Waals surface area contributed by atoms with Crippen LogP contribution in [0.2, 0.25) is 0 Å². The van der Waals surface area contributed by atoms with Crippen molar-refractivity contribution in [1.29, 1.82) is 0 Å². The second kappa shape index (κ2) is 5.91. The summed E-state index contributed by atoms with van der Waals surface area (Å²) in [6, 6.07) is 2.29. The number of nitrogens with zero attached hydrogens (tertiary/aromatic N) is 1. The molecule has 4 nitrogen and oxygen atoms in total. The standard InChI is InChI=1S/C13H17BrN2O2S/c14-9-7-11(19-8-9)12(13(17)15-10-1-2-10)16-3-5-18-6-4-16/h7-8,10,12H,1-6H2,(H,15,17). The van der Waals surface area contributed by atoms with Gasteiger partial charge in [0.15, 0.2) is 0 Å². The summed E-state index contributed by atoms with van der Waals surface area (Å²) >= 11 is 5.11. The quantitative estimate of drug-likeness (QED) is 0.909. The highest BCUT2D eigenvalue weighted by Gasteiger charge is 2.33. The number of amides is 1. The van der Waals surface area contributed by atoms with Crippen LogP contribution < -0.4 is 5.32 Å². The van der Waals surface area contributed by atoms with Crippen molar-refractivity contribution >= 4 is 33.2 Å². The van der Waals surface area contributed by atoms with Crippen LogP contribution >= 0.6 is 27.3 Å². The highest BCUT2D eigenvalue weighted by molar-refractivity contribution is 9.10. The van der Waals surface area contributed by atoms with Crippen molar-refractivity contribution in [3.63, 3.8) is 0 Å². The maximum absolute atomic E-state index is 12.5. The van der Waals surface area contributed by atoms with Gasteiger partial charge >= 0.3 is 0 Å². The molecule has 1 aliphatic carbocycles. The van der Waals surface area contributed by atoms with E-state index >= 15 is 0 Å². The van der Waals surface area contributed by atoms with Crippen LogP contribution in [-0.2, 0) is 9.53 Å². The van der Waals surface area contributed by atoms with E-state index in [0.29, 0.717) is 19.3 Å². The molecular weight excluding hydrogens is 328 g/mol.